The number of rotatable bonds is 7. The second kappa shape index (κ2) is 9.61. The highest BCUT2D eigenvalue weighted by atomic mass is 35.5. The van der Waals surface area contributed by atoms with E-state index in [0.717, 1.165) is 25.9 Å². The number of aromatic nitrogens is 1. The van der Waals surface area contributed by atoms with Gasteiger partial charge in [-0.15, -0.1) is 0 Å². The summed E-state index contributed by atoms with van der Waals surface area (Å²) in [5.41, 5.74) is 2.25. The molecule has 4 aromatic rings. The van der Waals surface area contributed by atoms with E-state index in [2.05, 4.69) is 5.32 Å². The Morgan fingerprint density at radius 3 is 2.50 bits per heavy atom. The molecule has 1 amide bonds. The number of anilines is 2. The SMILES string of the molecule is CCn1c(=O)sc2cc(NC(=O)CN(c3ccc(Cl)cc3C)S(=O)(=O)c3ccccc3)ccc21. The zero-order valence-corrected chi connectivity index (χ0v) is 20.9. The molecule has 1 N–H and O–H groups in total. The van der Waals surface area contributed by atoms with Gasteiger partial charge in [-0.3, -0.25) is 18.5 Å². The van der Waals surface area contributed by atoms with Crippen LogP contribution in [0.3, 0.4) is 0 Å². The Hall–Kier alpha value is -3.14. The molecule has 0 atom stereocenters. The van der Waals surface area contributed by atoms with Crippen LogP contribution in [0.4, 0.5) is 11.4 Å². The predicted octanol–water partition coefficient (Wildman–Crippen LogP) is 4.88. The number of hydrogen-bond acceptors (Lipinski definition) is 5. The zero-order valence-electron chi connectivity index (χ0n) is 18.5. The summed E-state index contributed by atoms with van der Waals surface area (Å²) < 4.78 is 30.4. The molecule has 0 spiro atoms. The standard InChI is InChI=1S/C24H22ClN3O4S2/c1-3-27-21-12-10-18(14-22(21)33-24(27)30)26-23(29)15-28(20-11-9-17(25)13-16(20)2)34(31,32)19-7-5-4-6-8-19/h4-14H,3,15H2,1-2H3,(H,26,29). The molecule has 0 bridgehead atoms. The minimum absolute atomic E-state index is 0.0701. The van der Waals surface area contributed by atoms with Gasteiger partial charge in [-0.2, -0.15) is 0 Å². The van der Waals surface area contributed by atoms with E-state index in [-0.39, 0.29) is 9.77 Å². The van der Waals surface area contributed by atoms with Crippen LogP contribution in [-0.2, 0) is 21.4 Å². The second-order valence-corrected chi connectivity index (χ2v) is 10.9. The zero-order chi connectivity index (χ0) is 24.5. The van der Waals surface area contributed by atoms with Gasteiger partial charge in [-0.25, -0.2) is 8.42 Å². The van der Waals surface area contributed by atoms with E-state index >= 15 is 0 Å². The van der Waals surface area contributed by atoms with E-state index in [0.29, 0.717) is 28.5 Å². The Morgan fingerprint density at radius 1 is 1.09 bits per heavy atom. The summed E-state index contributed by atoms with van der Waals surface area (Å²) in [5, 5.41) is 3.23. The van der Waals surface area contributed by atoms with Crippen molar-refractivity contribution in [1.29, 1.82) is 0 Å². The second-order valence-electron chi connectivity index (χ2n) is 7.60. The summed E-state index contributed by atoms with van der Waals surface area (Å²) >= 11 is 7.16. The lowest BCUT2D eigenvalue weighted by atomic mass is 10.2. The van der Waals surface area contributed by atoms with E-state index in [1.165, 1.54) is 12.1 Å². The first kappa shape index (κ1) is 24.0. The van der Waals surface area contributed by atoms with Crippen LogP contribution in [0.1, 0.15) is 12.5 Å². The van der Waals surface area contributed by atoms with Crippen LogP contribution in [0.15, 0.2) is 76.4 Å². The average molecular weight is 516 g/mol. The van der Waals surface area contributed by atoms with Crippen LogP contribution in [-0.4, -0.2) is 25.4 Å². The summed E-state index contributed by atoms with van der Waals surface area (Å²) in [6.45, 7) is 3.74. The van der Waals surface area contributed by atoms with Crippen LogP contribution in [0.5, 0.6) is 0 Å². The smallest absolute Gasteiger partial charge is 0.308 e. The minimum Gasteiger partial charge on any atom is -0.324 e. The molecule has 3 aromatic carbocycles. The van der Waals surface area contributed by atoms with E-state index in [9.17, 15) is 18.0 Å². The number of nitrogens with one attached hydrogen (secondary N) is 1. The Balaban J connectivity index is 1.67. The molecule has 0 unspecified atom stereocenters. The molecule has 0 aliphatic heterocycles. The Labute approximate surface area is 206 Å². The van der Waals surface area contributed by atoms with Crippen molar-refractivity contribution in [1.82, 2.24) is 4.57 Å². The monoisotopic (exact) mass is 515 g/mol. The van der Waals surface area contributed by atoms with E-state index in [4.69, 9.17) is 11.6 Å². The maximum absolute atomic E-state index is 13.5. The topological polar surface area (TPSA) is 88.5 Å². The summed E-state index contributed by atoms with van der Waals surface area (Å²) in [5.74, 6) is -0.518. The van der Waals surface area contributed by atoms with Gasteiger partial charge >= 0.3 is 4.87 Å². The molecule has 4 rings (SSSR count). The van der Waals surface area contributed by atoms with Crippen molar-refractivity contribution in [3.8, 4) is 0 Å². The number of benzene rings is 3. The van der Waals surface area contributed by atoms with Gasteiger partial charge in [0, 0.05) is 17.3 Å². The Kier molecular flexibility index (Phi) is 6.79. The molecule has 0 saturated heterocycles. The predicted molar refractivity (Wildman–Crippen MR) is 138 cm³/mol. The van der Waals surface area contributed by atoms with Crippen molar-refractivity contribution in [3.63, 3.8) is 0 Å². The molecule has 7 nitrogen and oxygen atoms in total. The normalized spacial score (nSPS) is 11.5. The summed E-state index contributed by atoms with van der Waals surface area (Å²) in [6.07, 6.45) is 0. The van der Waals surface area contributed by atoms with E-state index < -0.39 is 22.5 Å². The highest BCUT2D eigenvalue weighted by Crippen LogP contribution is 2.29. The number of fused-ring (bicyclic) bond motifs is 1. The van der Waals surface area contributed by atoms with Crippen LogP contribution in [0, 0.1) is 6.92 Å². The highest BCUT2D eigenvalue weighted by molar-refractivity contribution is 7.92. The van der Waals surface area contributed by atoms with Gasteiger partial charge in [-0.1, -0.05) is 41.1 Å². The minimum atomic E-state index is -4.03. The van der Waals surface area contributed by atoms with Crippen molar-refractivity contribution in [2.75, 3.05) is 16.2 Å². The molecular weight excluding hydrogens is 494 g/mol. The third kappa shape index (κ3) is 4.72. The maximum atomic E-state index is 13.5. The van der Waals surface area contributed by atoms with Crippen LogP contribution in [0.25, 0.3) is 10.2 Å². The number of hydrogen-bond donors (Lipinski definition) is 1. The van der Waals surface area contributed by atoms with Gasteiger partial charge in [0.1, 0.15) is 6.54 Å². The van der Waals surface area contributed by atoms with Gasteiger partial charge in [0.15, 0.2) is 0 Å². The van der Waals surface area contributed by atoms with E-state index in [1.54, 1.807) is 66.1 Å². The van der Waals surface area contributed by atoms with Crippen molar-refractivity contribution in [2.45, 2.75) is 25.3 Å². The number of carbonyl (C=O) groups is 1. The molecule has 176 valence electrons. The first-order chi connectivity index (χ1) is 16.2. The fourth-order valence-corrected chi connectivity index (χ4v) is 6.42. The molecule has 1 aromatic heterocycles. The summed E-state index contributed by atoms with van der Waals surface area (Å²) in [6, 6.07) is 18.0. The number of halogens is 1. The lowest BCUT2D eigenvalue weighted by Gasteiger charge is -2.25. The van der Waals surface area contributed by atoms with Crippen molar-refractivity contribution in [3.05, 3.63) is 87.0 Å². The van der Waals surface area contributed by atoms with Crippen molar-refractivity contribution >= 4 is 60.5 Å². The number of sulfonamides is 1. The molecular formula is C24H22ClN3O4S2. The van der Waals surface area contributed by atoms with Gasteiger partial charge in [0.05, 0.1) is 20.8 Å². The molecule has 0 radical (unpaired) electrons. The van der Waals surface area contributed by atoms with Gasteiger partial charge in [0.25, 0.3) is 10.0 Å². The highest BCUT2D eigenvalue weighted by Gasteiger charge is 2.28. The summed E-state index contributed by atoms with van der Waals surface area (Å²) in [7, 11) is -4.03. The molecule has 10 heteroatoms. The summed E-state index contributed by atoms with van der Waals surface area (Å²) in [4.78, 5) is 25.1. The molecule has 0 fully saturated rings. The molecule has 1 heterocycles. The largest absolute Gasteiger partial charge is 0.324 e. The number of amides is 1. The molecule has 0 aliphatic carbocycles. The van der Waals surface area contributed by atoms with Gasteiger partial charge < -0.3 is 5.32 Å². The average Bonchev–Trinajstić information content (AvgIpc) is 3.12. The Morgan fingerprint density at radius 2 is 1.82 bits per heavy atom. The van der Waals surface area contributed by atoms with Crippen LogP contribution < -0.4 is 14.5 Å². The Bertz CT molecular complexity index is 1530. The van der Waals surface area contributed by atoms with Crippen molar-refractivity contribution in [2.24, 2.45) is 0 Å². The van der Waals surface area contributed by atoms with Gasteiger partial charge in [-0.05, 0) is 67.9 Å². The lowest BCUT2D eigenvalue weighted by Crippen LogP contribution is -2.38. The number of carbonyl (C=O) groups excluding carboxylic acids is 1. The first-order valence-corrected chi connectivity index (χ1v) is 13.1. The number of aryl methyl sites for hydroxylation is 2. The number of nitrogens with zero attached hydrogens (tertiary/aromatic N) is 2. The third-order valence-corrected chi connectivity index (χ3v) is 8.27. The third-order valence-electron chi connectivity index (χ3n) is 5.31. The fourth-order valence-electron chi connectivity index (χ4n) is 3.69. The maximum Gasteiger partial charge on any atom is 0.308 e. The molecule has 34 heavy (non-hydrogen) atoms. The lowest BCUT2D eigenvalue weighted by molar-refractivity contribution is -0.114. The quantitative estimate of drug-likeness (QED) is 0.380. The first-order valence-electron chi connectivity index (χ1n) is 10.5. The fraction of sp³-hybridized carbons (Fsp3) is 0.167. The van der Waals surface area contributed by atoms with Crippen LogP contribution in [0.2, 0.25) is 5.02 Å². The molecule has 0 aliphatic rings. The van der Waals surface area contributed by atoms with Gasteiger partial charge in [0.2, 0.25) is 5.91 Å². The van der Waals surface area contributed by atoms with Crippen molar-refractivity contribution < 1.29 is 13.2 Å². The van der Waals surface area contributed by atoms with Crippen LogP contribution >= 0.6 is 22.9 Å². The number of thiazole rings is 1. The molecule has 0 saturated carbocycles. The van der Waals surface area contributed by atoms with E-state index in [1.807, 2.05) is 6.92 Å².